The average molecular weight is 510 g/mol. The number of aromatic nitrogens is 1. The van der Waals surface area contributed by atoms with E-state index in [-0.39, 0.29) is 10.8 Å². The second kappa shape index (κ2) is 10.4. The Labute approximate surface area is 212 Å². The van der Waals surface area contributed by atoms with Crippen molar-refractivity contribution in [2.75, 3.05) is 63.7 Å². The number of benzene rings is 2. The second-order valence-corrected chi connectivity index (χ2v) is 11.0. The maximum atomic E-state index is 12.5. The summed E-state index contributed by atoms with van der Waals surface area (Å²) in [6.45, 7) is 7.40. The molecule has 1 aromatic heterocycles. The Bertz CT molecular complexity index is 1320. The molecule has 0 N–H and O–H groups in total. The summed E-state index contributed by atoms with van der Waals surface area (Å²) >= 11 is 0. The lowest BCUT2D eigenvalue weighted by Crippen LogP contribution is -2.47. The number of ether oxygens (including phenoxy) is 3. The van der Waals surface area contributed by atoms with E-state index < -0.39 is 9.84 Å². The van der Waals surface area contributed by atoms with Gasteiger partial charge in [0.15, 0.2) is 21.3 Å². The fraction of sp³-hybridized carbons (Fsp3) is 0.370. The number of para-hydroxylation sites is 1. The van der Waals surface area contributed by atoms with E-state index in [4.69, 9.17) is 14.2 Å². The highest BCUT2D eigenvalue weighted by Gasteiger charge is 2.25. The molecule has 0 aliphatic carbocycles. The molecule has 9 heteroatoms. The summed E-state index contributed by atoms with van der Waals surface area (Å²) in [6.07, 6.45) is 1.20. The quantitative estimate of drug-likeness (QED) is 0.479. The molecular formula is C27H31N3O5S. The Morgan fingerprint density at radius 3 is 2.47 bits per heavy atom. The van der Waals surface area contributed by atoms with Crippen LogP contribution in [0.2, 0.25) is 0 Å². The topological polar surface area (TPSA) is 81.2 Å². The molecule has 0 unspecified atom stereocenters. The average Bonchev–Trinajstić information content (AvgIpc) is 2.88. The fourth-order valence-electron chi connectivity index (χ4n) is 4.73. The molecular weight excluding hydrogens is 478 g/mol. The van der Waals surface area contributed by atoms with Crippen LogP contribution in [0, 0.1) is 6.92 Å². The van der Waals surface area contributed by atoms with Gasteiger partial charge in [-0.25, -0.2) is 13.4 Å². The summed E-state index contributed by atoms with van der Waals surface area (Å²) in [5, 5.41) is 0. The zero-order valence-electron chi connectivity index (χ0n) is 20.6. The van der Waals surface area contributed by atoms with Crippen LogP contribution in [0.5, 0.6) is 17.4 Å². The van der Waals surface area contributed by atoms with Crippen LogP contribution in [0.4, 0.5) is 5.69 Å². The molecule has 0 spiro atoms. The van der Waals surface area contributed by atoms with Crippen molar-refractivity contribution in [2.24, 2.45) is 0 Å². The number of fused-ring (bicyclic) bond motifs is 1. The lowest BCUT2D eigenvalue weighted by atomic mass is 10.1. The molecule has 0 bridgehead atoms. The van der Waals surface area contributed by atoms with Gasteiger partial charge in [-0.1, -0.05) is 36.4 Å². The summed E-state index contributed by atoms with van der Waals surface area (Å²) in [7, 11) is -3.49. The van der Waals surface area contributed by atoms with Gasteiger partial charge in [-0.3, -0.25) is 4.90 Å². The molecule has 0 radical (unpaired) electrons. The lowest BCUT2D eigenvalue weighted by molar-refractivity contribution is 0.170. The van der Waals surface area contributed by atoms with Crippen molar-refractivity contribution in [1.82, 2.24) is 9.88 Å². The summed E-state index contributed by atoms with van der Waals surface area (Å²) in [6, 6.07) is 17.5. The normalized spacial score (nSPS) is 16.1. The van der Waals surface area contributed by atoms with Crippen LogP contribution < -0.4 is 19.1 Å². The summed E-state index contributed by atoms with van der Waals surface area (Å²) < 4.78 is 42.6. The number of hydrogen-bond donors (Lipinski definition) is 0. The minimum absolute atomic E-state index is 0.156. The molecule has 1 saturated heterocycles. The van der Waals surface area contributed by atoms with E-state index in [0.717, 1.165) is 48.9 Å². The maximum Gasteiger partial charge on any atom is 0.233 e. The van der Waals surface area contributed by atoms with Gasteiger partial charge >= 0.3 is 0 Å². The van der Waals surface area contributed by atoms with Gasteiger partial charge in [0.2, 0.25) is 5.88 Å². The smallest absolute Gasteiger partial charge is 0.233 e. The van der Waals surface area contributed by atoms with Gasteiger partial charge < -0.3 is 19.1 Å². The minimum atomic E-state index is -3.49. The zero-order chi connectivity index (χ0) is 25.1. The van der Waals surface area contributed by atoms with Crippen molar-refractivity contribution < 1.29 is 22.6 Å². The first kappa shape index (κ1) is 24.4. The number of hydrogen-bond acceptors (Lipinski definition) is 8. The van der Waals surface area contributed by atoms with Crippen molar-refractivity contribution >= 4 is 15.5 Å². The van der Waals surface area contributed by atoms with Gasteiger partial charge in [-0.15, -0.1) is 0 Å². The third kappa shape index (κ3) is 5.27. The maximum absolute atomic E-state index is 12.5. The molecule has 190 valence electrons. The monoisotopic (exact) mass is 509 g/mol. The second-order valence-electron chi connectivity index (χ2n) is 9.08. The Morgan fingerprint density at radius 1 is 0.972 bits per heavy atom. The Kier molecular flexibility index (Phi) is 7.02. The van der Waals surface area contributed by atoms with Gasteiger partial charge in [0.1, 0.15) is 24.7 Å². The van der Waals surface area contributed by atoms with Crippen molar-refractivity contribution in [3.8, 4) is 28.6 Å². The van der Waals surface area contributed by atoms with Crippen LogP contribution in [0.15, 0.2) is 59.5 Å². The van der Waals surface area contributed by atoms with Crippen LogP contribution in [0.3, 0.4) is 0 Å². The van der Waals surface area contributed by atoms with Gasteiger partial charge in [-0.05, 0) is 30.7 Å². The molecule has 0 saturated carbocycles. The van der Waals surface area contributed by atoms with Gasteiger partial charge in [0, 0.05) is 44.5 Å². The minimum Gasteiger partial charge on any atom is -0.486 e. The van der Waals surface area contributed by atoms with Crippen molar-refractivity contribution in [3.05, 3.63) is 60.2 Å². The first-order chi connectivity index (χ1) is 17.4. The van der Waals surface area contributed by atoms with Crippen LogP contribution in [0.25, 0.3) is 11.3 Å². The van der Waals surface area contributed by atoms with Gasteiger partial charge in [0.05, 0.1) is 11.4 Å². The number of aryl methyl sites for hydroxylation is 1. The van der Waals surface area contributed by atoms with Crippen LogP contribution in [0.1, 0.15) is 5.56 Å². The Hall–Kier alpha value is -3.30. The molecule has 3 aromatic rings. The molecule has 36 heavy (non-hydrogen) atoms. The first-order valence-corrected chi connectivity index (χ1v) is 14.0. The van der Waals surface area contributed by atoms with Crippen LogP contribution in [-0.4, -0.2) is 77.1 Å². The number of piperazine rings is 1. The van der Waals surface area contributed by atoms with Crippen molar-refractivity contribution in [1.29, 1.82) is 0 Å². The van der Waals surface area contributed by atoms with E-state index in [1.807, 2.05) is 42.5 Å². The van der Waals surface area contributed by atoms with E-state index in [1.54, 1.807) is 13.0 Å². The largest absolute Gasteiger partial charge is 0.486 e. The van der Waals surface area contributed by atoms with E-state index in [0.29, 0.717) is 37.6 Å². The number of rotatable bonds is 7. The highest BCUT2D eigenvalue weighted by Crippen LogP contribution is 2.39. The number of anilines is 1. The summed E-state index contributed by atoms with van der Waals surface area (Å²) in [5.41, 5.74) is 3.31. The fourth-order valence-corrected chi connectivity index (χ4v) is 5.79. The standard InChI is InChI=1S/C27H31N3O5S/c1-20-19-22(21-7-4-3-5-8-21)28-27(26(20)36(2,31)32)35-16-15-29-11-13-30(14-12-29)23-9-6-10-24-25(23)34-18-17-33-24/h3-10,19H,11-18H2,1-2H3. The number of sulfone groups is 1. The SMILES string of the molecule is Cc1cc(-c2ccccc2)nc(OCCN2CCN(c3cccc4c3OCCO4)CC2)c1S(C)(=O)=O. The van der Waals surface area contributed by atoms with Gasteiger partial charge in [0.25, 0.3) is 0 Å². The van der Waals surface area contributed by atoms with E-state index in [1.165, 1.54) is 6.26 Å². The number of pyridine rings is 1. The highest BCUT2D eigenvalue weighted by atomic mass is 32.2. The van der Waals surface area contributed by atoms with E-state index in [9.17, 15) is 8.42 Å². The predicted molar refractivity (Wildman–Crippen MR) is 139 cm³/mol. The summed E-state index contributed by atoms with van der Waals surface area (Å²) in [4.78, 5) is 9.38. The third-order valence-corrected chi connectivity index (χ3v) is 7.71. The van der Waals surface area contributed by atoms with E-state index in [2.05, 4.69) is 20.9 Å². The Morgan fingerprint density at radius 2 is 1.72 bits per heavy atom. The molecule has 2 aliphatic heterocycles. The van der Waals surface area contributed by atoms with Crippen LogP contribution >= 0.6 is 0 Å². The first-order valence-electron chi connectivity index (χ1n) is 12.2. The molecule has 5 rings (SSSR count). The lowest BCUT2D eigenvalue weighted by Gasteiger charge is -2.37. The van der Waals surface area contributed by atoms with Crippen molar-refractivity contribution in [3.63, 3.8) is 0 Å². The predicted octanol–water partition coefficient (Wildman–Crippen LogP) is 3.43. The Balaban J connectivity index is 1.24. The molecule has 2 aromatic carbocycles. The summed E-state index contributed by atoms with van der Waals surface area (Å²) in [5.74, 6) is 1.80. The van der Waals surface area contributed by atoms with E-state index >= 15 is 0 Å². The highest BCUT2D eigenvalue weighted by molar-refractivity contribution is 7.90. The molecule has 0 amide bonds. The van der Waals surface area contributed by atoms with Crippen molar-refractivity contribution in [2.45, 2.75) is 11.8 Å². The molecule has 8 nitrogen and oxygen atoms in total. The third-order valence-electron chi connectivity index (χ3n) is 6.47. The number of nitrogens with zero attached hydrogens (tertiary/aromatic N) is 3. The van der Waals surface area contributed by atoms with Gasteiger partial charge in [-0.2, -0.15) is 0 Å². The molecule has 0 atom stereocenters. The molecule has 1 fully saturated rings. The molecule has 3 heterocycles. The molecule has 2 aliphatic rings. The zero-order valence-corrected chi connectivity index (χ0v) is 21.5. The van der Waals surface area contributed by atoms with Crippen LogP contribution in [-0.2, 0) is 9.84 Å².